The minimum absolute atomic E-state index is 0.356. The highest BCUT2D eigenvalue weighted by Crippen LogP contribution is 2.32. The van der Waals surface area contributed by atoms with Crippen LogP contribution in [0.4, 0.5) is 0 Å². The molecule has 1 atom stereocenters. The zero-order valence-electron chi connectivity index (χ0n) is 12.9. The molecule has 2 N–H and O–H groups in total. The molecule has 0 saturated carbocycles. The molecule has 0 spiro atoms. The van der Waals surface area contributed by atoms with Gasteiger partial charge in [-0.1, -0.05) is 6.92 Å². The molecule has 1 aromatic heterocycles. The van der Waals surface area contributed by atoms with Crippen LogP contribution in [0.1, 0.15) is 36.2 Å². The number of aliphatic carboxylic acids is 1. The molecule has 112 valence electrons. The third-order valence-electron chi connectivity index (χ3n) is 4.65. The summed E-state index contributed by atoms with van der Waals surface area (Å²) in [6.07, 6.45) is 0.594. The van der Waals surface area contributed by atoms with E-state index in [-0.39, 0.29) is 5.92 Å². The Morgan fingerprint density at radius 3 is 2.67 bits per heavy atom. The Bertz CT molecular complexity index is 715. The lowest BCUT2D eigenvalue weighted by Crippen LogP contribution is -2.13. The Balaban J connectivity index is 2.18. The van der Waals surface area contributed by atoms with E-state index in [4.69, 9.17) is 0 Å². The molecule has 0 aliphatic carbocycles. The predicted octanol–water partition coefficient (Wildman–Crippen LogP) is 2.84. The lowest BCUT2D eigenvalue weighted by molar-refractivity contribution is -0.141. The summed E-state index contributed by atoms with van der Waals surface area (Å²) in [6.45, 7) is 8.79. The number of hydrogen-bond acceptors (Lipinski definition) is 2. The molecule has 4 nitrogen and oxygen atoms in total. The van der Waals surface area contributed by atoms with Crippen LogP contribution in [0.2, 0.25) is 0 Å². The highest BCUT2D eigenvalue weighted by atomic mass is 16.4. The van der Waals surface area contributed by atoms with Crippen molar-refractivity contribution in [3.05, 3.63) is 34.5 Å². The molecule has 0 amide bonds. The van der Waals surface area contributed by atoms with Gasteiger partial charge in [0.15, 0.2) is 0 Å². The molecule has 21 heavy (non-hydrogen) atoms. The molecule has 2 aromatic rings. The third-order valence-corrected chi connectivity index (χ3v) is 4.65. The molecule has 0 fully saturated rings. The summed E-state index contributed by atoms with van der Waals surface area (Å²) >= 11 is 0. The number of carboxylic acids is 1. The third kappa shape index (κ3) is 2.23. The molecular weight excluding hydrogens is 264 g/mol. The van der Waals surface area contributed by atoms with Crippen molar-refractivity contribution in [2.24, 2.45) is 5.92 Å². The minimum Gasteiger partial charge on any atom is -0.481 e. The number of nitrogens with one attached hydrogen (secondary N) is 1. The van der Waals surface area contributed by atoms with Crippen molar-refractivity contribution in [2.75, 3.05) is 0 Å². The van der Waals surface area contributed by atoms with Crippen molar-refractivity contribution in [2.45, 2.75) is 46.8 Å². The van der Waals surface area contributed by atoms with Crippen molar-refractivity contribution in [3.8, 4) is 0 Å². The molecular formula is C17H22N2O2. The molecule has 0 saturated heterocycles. The van der Waals surface area contributed by atoms with Gasteiger partial charge in [-0.3, -0.25) is 4.79 Å². The van der Waals surface area contributed by atoms with Crippen LogP contribution in [0.3, 0.4) is 0 Å². The molecule has 3 rings (SSSR count). The monoisotopic (exact) mass is 286 g/mol. The normalized spacial score (nSPS) is 15.4. The summed E-state index contributed by atoms with van der Waals surface area (Å²) in [5.74, 6) is -1.08. The zero-order chi connectivity index (χ0) is 15.1. The first-order valence-electron chi connectivity index (χ1n) is 7.60. The smallest absolute Gasteiger partial charge is 0.306 e. The van der Waals surface area contributed by atoms with Crippen molar-refractivity contribution >= 4 is 16.9 Å². The van der Waals surface area contributed by atoms with E-state index in [0.717, 1.165) is 19.6 Å². The Hall–Kier alpha value is -1.81. The molecule has 1 aromatic carbocycles. The Labute approximate surface area is 124 Å². The number of carbonyl (C=O) groups is 1. The highest BCUT2D eigenvalue weighted by molar-refractivity contribution is 5.88. The molecule has 2 heterocycles. The largest absolute Gasteiger partial charge is 0.481 e. The zero-order valence-corrected chi connectivity index (χ0v) is 12.9. The first-order valence-corrected chi connectivity index (χ1v) is 7.60. The summed E-state index contributed by atoms with van der Waals surface area (Å²) in [5.41, 5.74) is 6.35. The predicted molar refractivity (Wildman–Crippen MR) is 83.4 cm³/mol. The van der Waals surface area contributed by atoms with Crippen molar-refractivity contribution in [1.82, 2.24) is 9.88 Å². The van der Waals surface area contributed by atoms with Crippen LogP contribution in [0, 0.1) is 12.8 Å². The Morgan fingerprint density at radius 2 is 2.05 bits per heavy atom. The summed E-state index contributed by atoms with van der Waals surface area (Å²) in [4.78, 5) is 11.2. The van der Waals surface area contributed by atoms with E-state index in [9.17, 15) is 9.90 Å². The number of aryl methyl sites for hydroxylation is 1. The Kier molecular flexibility index (Phi) is 3.49. The average molecular weight is 286 g/mol. The van der Waals surface area contributed by atoms with Crippen LogP contribution in [0.5, 0.6) is 0 Å². The van der Waals surface area contributed by atoms with Crippen LogP contribution in [0.25, 0.3) is 10.9 Å². The van der Waals surface area contributed by atoms with E-state index in [1.54, 1.807) is 6.92 Å². The van der Waals surface area contributed by atoms with Crippen LogP contribution >= 0.6 is 0 Å². The molecule has 1 aliphatic heterocycles. The summed E-state index contributed by atoms with van der Waals surface area (Å²) in [7, 11) is 0. The fourth-order valence-corrected chi connectivity index (χ4v) is 3.40. The van der Waals surface area contributed by atoms with Crippen LogP contribution in [0.15, 0.2) is 12.1 Å². The van der Waals surface area contributed by atoms with E-state index in [1.165, 1.54) is 33.3 Å². The van der Waals surface area contributed by atoms with Gasteiger partial charge < -0.3 is 15.0 Å². The number of rotatable bonds is 4. The van der Waals surface area contributed by atoms with E-state index in [1.807, 2.05) is 0 Å². The number of nitrogens with zero attached hydrogens (tertiary/aromatic N) is 1. The number of benzene rings is 1. The maximum atomic E-state index is 11.2. The first kappa shape index (κ1) is 14.1. The maximum absolute atomic E-state index is 11.2. The van der Waals surface area contributed by atoms with Gasteiger partial charge in [-0.25, -0.2) is 0 Å². The summed E-state index contributed by atoms with van der Waals surface area (Å²) in [6, 6.07) is 4.53. The fraction of sp³-hybridized carbons (Fsp3) is 0.471. The van der Waals surface area contributed by atoms with Crippen LogP contribution < -0.4 is 5.32 Å². The molecule has 0 radical (unpaired) electrons. The maximum Gasteiger partial charge on any atom is 0.306 e. The molecule has 1 aliphatic rings. The summed E-state index contributed by atoms with van der Waals surface area (Å²) < 4.78 is 2.30. The van der Waals surface area contributed by atoms with Gasteiger partial charge in [0.05, 0.1) is 5.92 Å². The average Bonchev–Trinajstić information content (AvgIpc) is 3.00. The van der Waals surface area contributed by atoms with Gasteiger partial charge in [0, 0.05) is 36.2 Å². The lowest BCUT2D eigenvalue weighted by Gasteiger charge is -2.08. The number of fused-ring (bicyclic) bond motifs is 2. The van der Waals surface area contributed by atoms with Crippen LogP contribution in [-0.2, 0) is 30.8 Å². The van der Waals surface area contributed by atoms with Gasteiger partial charge >= 0.3 is 5.97 Å². The molecule has 0 bridgehead atoms. The van der Waals surface area contributed by atoms with Gasteiger partial charge in [0.1, 0.15) is 0 Å². The van der Waals surface area contributed by atoms with E-state index in [0.29, 0.717) is 6.42 Å². The number of hydrogen-bond donors (Lipinski definition) is 2. The number of aromatic nitrogens is 1. The fourth-order valence-electron chi connectivity index (χ4n) is 3.40. The van der Waals surface area contributed by atoms with E-state index >= 15 is 0 Å². The van der Waals surface area contributed by atoms with Crippen molar-refractivity contribution < 1.29 is 9.90 Å². The number of carboxylic acid groups (broad SMARTS) is 1. The molecule has 4 heteroatoms. The molecule has 1 unspecified atom stereocenters. The quantitative estimate of drug-likeness (QED) is 0.908. The second-order valence-electron chi connectivity index (χ2n) is 5.99. The highest BCUT2D eigenvalue weighted by Gasteiger charge is 2.21. The topological polar surface area (TPSA) is 54.3 Å². The van der Waals surface area contributed by atoms with Crippen LogP contribution in [-0.4, -0.2) is 15.6 Å². The summed E-state index contributed by atoms with van der Waals surface area (Å²) in [5, 5.41) is 13.8. The standard InChI is InChI=1S/C17H22N2O2/c1-4-19-11(3)14(5-10(2)17(20)21)15-6-12-8-18-9-13(12)7-16(15)19/h6-7,10,18H,4-5,8-9H2,1-3H3,(H,20,21). The van der Waals surface area contributed by atoms with Gasteiger partial charge in [-0.15, -0.1) is 0 Å². The van der Waals surface area contributed by atoms with Gasteiger partial charge in [0.25, 0.3) is 0 Å². The van der Waals surface area contributed by atoms with Crippen molar-refractivity contribution in [3.63, 3.8) is 0 Å². The first-order chi connectivity index (χ1) is 10.0. The SMILES string of the molecule is CCn1c(C)c(CC(C)C(=O)O)c2cc3c(cc21)CNC3. The van der Waals surface area contributed by atoms with Crippen molar-refractivity contribution in [1.29, 1.82) is 0 Å². The van der Waals surface area contributed by atoms with E-state index < -0.39 is 5.97 Å². The van der Waals surface area contributed by atoms with Gasteiger partial charge in [0.2, 0.25) is 0 Å². The lowest BCUT2D eigenvalue weighted by atomic mass is 9.97. The van der Waals surface area contributed by atoms with Gasteiger partial charge in [-0.05, 0) is 49.1 Å². The second-order valence-corrected chi connectivity index (χ2v) is 5.99. The Morgan fingerprint density at radius 1 is 1.38 bits per heavy atom. The van der Waals surface area contributed by atoms with E-state index in [2.05, 4.69) is 35.9 Å². The van der Waals surface area contributed by atoms with Gasteiger partial charge in [-0.2, -0.15) is 0 Å². The minimum atomic E-state index is -0.727. The second kappa shape index (κ2) is 5.19.